The summed E-state index contributed by atoms with van der Waals surface area (Å²) in [4.78, 5) is 57.6. The molecule has 53 heavy (non-hydrogen) atoms. The maximum Gasteiger partial charge on any atom is 0.270 e. The second kappa shape index (κ2) is 15.1. The predicted molar refractivity (Wildman–Crippen MR) is 203 cm³/mol. The molecule has 3 aromatic heterocycles. The zero-order valence-corrected chi connectivity index (χ0v) is 30.7. The van der Waals surface area contributed by atoms with Crippen LogP contribution < -0.4 is 20.3 Å². The number of nitrogens with one attached hydrogen (secondary N) is 2. The van der Waals surface area contributed by atoms with Crippen LogP contribution >= 0.6 is 0 Å². The van der Waals surface area contributed by atoms with E-state index in [1.165, 1.54) is 5.69 Å². The monoisotopic (exact) mass is 719 g/mol. The fourth-order valence-electron chi connectivity index (χ4n) is 8.64. The molecule has 3 amide bonds. The van der Waals surface area contributed by atoms with Crippen LogP contribution in [0.4, 0.5) is 17.5 Å². The lowest BCUT2D eigenvalue weighted by molar-refractivity contribution is -0.134. The van der Waals surface area contributed by atoms with Crippen molar-refractivity contribution in [3.05, 3.63) is 66.1 Å². The highest BCUT2D eigenvalue weighted by Crippen LogP contribution is 2.35. The molecule has 0 radical (unpaired) electrons. The van der Waals surface area contributed by atoms with E-state index < -0.39 is 0 Å². The maximum atomic E-state index is 13.1. The number of carbonyl (C=O) groups is 3. The number of ether oxygens (including phenoxy) is 1. The molecule has 2 atom stereocenters. The van der Waals surface area contributed by atoms with Crippen LogP contribution in [0, 0.1) is 0 Å². The Morgan fingerprint density at radius 1 is 0.887 bits per heavy atom. The van der Waals surface area contributed by atoms with Crippen LogP contribution in [0.2, 0.25) is 0 Å². The van der Waals surface area contributed by atoms with Crippen molar-refractivity contribution in [2.24, 2.45) is 0 Å². The van der Waals surface area contributed by atoms with Crippen molar-refractivity contribution in [2.45, 2.75) is 88.3 Å². The number of hydrogen-bond acceptors (Lipinski definition) is 10. The summed E-state index contributed by atoms with van der Waals surface area (Å²) in [7, 11) is 3.56. The number of likely N-dealkylation sites (tertiary alicyclic amines) is 1. The molecule has 1 aromatic carbocycles. The number of aromatic nitrogens is 4. The highest BCUT2D eigenvalue weighted by molar-refractivity contribution is 6.01. The average Bonchev–Trinajstić information content (AvgIpc) is 3.84. The second-order valence-electron chi connectivity index (χ2n) is 15.2. The average molecular weight is 720 g/mol. The van der Waals surface area contributed by atoms with E-state index in [9.17, 15) is 14.4 Å². The van der Waals surface area contributed by atoms with Gasteiger partial charge in [0.25, 0.3) is 5.91 Å². The Balaban J connectivity index is 0.848. The molecular formula is C40H49N9O4. The smallest absolute Gasteiger partial charge is 0.270 e. The van der Waals surface area contributed by atoms with Crippen LogP contribution in [0.15, 0.2) is 54.9 Å². The molecule has 0 bridgehead atoms. The van der Waals surface area contributed by atoms with E-state index >= 15 is 0 Å². The highest BCUT2D eigenvalue weighted by Gasteiger charge is 2.31. The molecule has 8 rings (SSSR count). The number of piperidine rings is 3. The molecule has 278 valence electrons. The van der Waals surface area contributed by atoms with Gasteiger partial charge in [0.1, 0.15) is 29.0 Å². The summed E-state index contributed by atoms with van der Waals surface area (Å²) in [5.74, 6) is 1.17. The van der Waals surface area contributed by atoms with Crippen LogP contribution in [0.5, 0.6) is 5.75 Å². The lowest BCUT2D eigenvalue weighted by Gasteiger charge is -2.42. The summed E-state index contributed by atoms with van der Waals surface area (Å²) in [5, 5.41) is 6.58. The van der Waals surface area contributed by atoms with Gasteiger partial charge in [-0.25, -0.2) is 9.97 Å². The van der Waals surface area contributed by atoms with Crippen LogP contribution in [0.3, 0.4) is 0 Å². The van der Waals surface area contributed by atoms with Crippen molar-refractivity contribution < 1.29 is 19.1 Å². The Bertz CT molecular complexity index is 1950. The number of rotatable bonds is 9. The molecule has 4 fully saturated rings. The van der Waals surface area contributed by atoms with Crippen molar-refractivity contribution in [3.63, 3.8) is 0 Å². The van der Waals surface area contributed by atoms with Crippen molar-refractivity contribution in [1.29, 1.82) is 0 Å². The molecule has 4 aromatic rings. The van der Waals surface area contributed by atoms with Crippen molar-refractivity contribution in [3.8, 4) is 5.75 Å². The van der Waals surface area contributed by atoms with Gasteiger partial charge < -0.3 is 24.4 Å². The van der Waals surface area contributed by atoms with E-state index in [1.54, 1.807) is 31.4 Å². The SMILES string of the molecule is CN(C)C(=O)c1cc2cnc(Nc3ccc(OC4CCCN(C5CCN(c6ccc(C7CCC(=O)NC7=O)cc6)CC5)C4)cn3)nc2n1C1CCCC1. The molecule has 3 saturated heterocycles. The minimum absolute atomic E-state index is 0.0270. The van der Waals surface area contributed by atoms with E-state index in [2.05, 4.69) is 47.1 Å². The van der Waals surface area contributed by atoms with Crippen LogP contribution in [0.1, 0.15) is 92.2 Å². The minimum atomic E-state index is -0.251. The van der Waals surface area contributed by atoms with E-state index in [0.717, 1.165) is 99.9 Å². The number of anilines is 3. The van der Waals surface area contributed by atoms with Gasteiger partial charge in [-0.05, 0) is 87.4 Å². The van der Waals surface area contributed by atoms with Gasteiger partial charge in [0.2, 0.25) is 17.8 Å². The quantitative estimate of drug-likeness (QED) is 0.216. The van der Waals surface area contributed by atoms with Crippen molar-refractivity contribution in [1.82, 2.24) is 34.6 Å². The molecule has 1 aliphatic carbocycles. The maximum absolute atomic E-state index is 13.1. The first-order chi connectivity index (χ1) is 25.8. The molecule has 1 saturated carbocycles. The summed E-state index contributed by atoms with van der Waals surface area (Å²) in [5.41, 5.74) is 3.58. The molecule has 2 unspecified atom stereocenters. The Hall–Kier alpha value is -5.04. The fourth-order valence-corrected chi connectivity index (χ4v) is 8.64. The van der Waals surface area contributed by atoms with Crippen LogP contribution in [0.25, 0.3) is 11.0 Å². The number of benzene rings is 1. The van der Waals surface area contributed by atoms with Gasteiger partial charge in [0.05, 0.1) is 12.1 Å². The lowest BCUT2D eigenvalue weighted by atomic mass is 9.90. The van der Waals surface area contributed by atoms with E-state index in [4.69, 9.17) is 9.72 Å². The summed E-state index contributed by atoms with van der Waals surface area (Å²) in [6.07, 6.45) is 13.3. The van der Waals surface area contributed by atoms with Crippen molar-refractivity contribution >= 4 is 46.2 Å². The Morgan fingerprint density at radius 3 is 2.40 bits per heavy atom. The standard InChI is InChI=1S/C40H49N9O4/c1-46(2)39(52)34-22-27-23-42-40(45-37(27)49(34)30-6-3-4-7-30)43-35-15-13-31(24-41-35)53-32-8-5-19-48(25-32)29-17-20-47(21-18-29)28-11-9-26(10-12-28)33-14-16-36(50)44-38(33)51/h9-13,15,22-24,29-30,32-33H,3-8,14,16-21,25H2,1-2H3,(H,44,50,51)(H,41,42,43,45). The number of amides is 3. The Labute approximate surface area is 310 Å². The van der Waals surface area contributed by atoms with Gasteiger partial charge in [0.15, 0.2) is 0 Å². The number of imide groups is 1. The van der Waals surface area contributed by atoms with E-state index in [-0.39, 0.29) is 35.8 Å². The number of nitrogens with zero attached hydrogens (tertiary/aromatic N) is 7. The van der Waals surface area contributed by atoms with Crippen molar-refractivity contribution in [2.75, 3.05) is 50.5 Å². The molecule has 6 heterocycles. The third-order valence-corrected chi connectivity index (χ3v) is 11.5. The molecule has 4 aliphatic rings. The van der Waals surface area contributed by atoms with Gasteiger partial charge in [-0.2, -0.15) is 4.98 Å². The van der Waals surface area contributed by atoms with Gasteiger partial charge in [-0.1, -0.05) is 25.0 Å². The van der Waals surface area contributed by atoms with Crippen LogP contribution in [-0.2, 0) is 9.59 Å². The number of hydrogen-bond donors (Lipinski definition) is 2. The molecular weight excluding hydrogens is 670 g/mol. The van der Waals surface area contributed by atoms with Crippen LogP contribution in [-0.4, -0.2) is 99.5 Å². The molecule has 3 aliphatic heterocycles. The van der Waals surface area contributed by atoms with E-state index in [1.807, 2.05) is 30.3 Å². The topological polar surface area (TPSA) is 138 Å². The first-order valence-electron chi connectivity index (χ1n) is 19.2. The minimum Gasteiger partial charge on any atom is -0.487 e. The molecule has 13 heteroatoms. The fraction of sp³-hybridized carbons (Fsp3) is 0.500. The summed E-state index contributed by atoms with van der Waals surface area (Å²) < 4.78 is 8.58. The number of pyridine rings is 1. The zero-order chi connectivity index (χ0) is 36.5. The lowest BCUT2D eigenvalue weighted by Crippen LogP contribution is -2.50. The summed E-state index contributed by atoms with van der Waals surface area (Å²) in [6, 6.07) is 14.8. The largest absolute Gasteiger partial charge is 0.487 e. The Kier molecular flexibility index (Phi) is 10.00. The third kappa shape index (κ3) is 7.57. The van der Waals surface area contributed by atoms with Gasteiger partial charge >= 0.3 is 0 Å². The molecule has 13 nitrogen and oxygen atoms in total. The normalized spacial score (nSPS) is 21.9. The Morgan fingerprint density at radius 2 is 1.68 bits per heavy atom. The van der Waals surface area contributed by atoms with Gasteiger partial charge in [-0.3, -0.25) is 24.6 Å². The third-order valence-electron chi connectivity index (χ3n) is 11.5. The molecule has 2 N–H and O–H groups in total. The van der Waals surface area contributed by atoms with Gasteiger partial charge in [0, 0.05) is 69.5 Å². The number of fused-ring (bicyclic) bond motifs is 1. The predicted octanol–water partition coefficient (Wildman–Crippen LogP) is 5.42. The second-order valence-corrected chi connectivity index (χ2v) is 15.2. The zero-order valence-electron chi connectivity index (χ0n) is 30.7. The summed E-state index contributed by atoms with van der Waals surface area (Å²) >= 11 is 0. The molecule has 0 spiro atoms. The summed E-state index contributed by atoms with van der Waals surface area (Å²) in [6.45, 7) is 3.96. The number of carbonyl (C=O) groups excluding carboxylic acids is 3. The first-order valence-corrected chi connectivity index (χ1v) is 19.2. The van der Waals surface area contributed by atoms with Gasteiger partial charge in [-0.15, -0.1) is 0 Å². The highest BCUT2D eigenvalue weighted by atomic mass is 16.5. The first kappa shape index (κ1) is 35.0. The van der Waals surface area contributed by atoms with E-state index in [0.29, 0.717) is 36.3 Å².